The number of likely N-dealkylation sites (tertiary alicyclic amines) is 1. The number of aromatic nitrogens is 2. The maximum absolute atomic E-state index is 16.0. The van der Waals surface area contributed by atoms with Crippen LogP contribution in [0.2, 0.25) is 0 Å². The first-order valence-corrected chi connectivity index (χ1v) is 19.5. The zero-order valence-corrected chi connectivity index (χ0v) is 31.9. The van der Waals surface area contributed by atoms with E-state index in [-0.39, 0.29) is 66.6 Å². The Morgan fingerprint density at radius 1 is 0.931 bits per heavy atom. The number of carbonyl (C=O) groups is 5. The number of fused-ring (bicyclic) bond motifs is 3. The van der Waals surface area contributed by atoms with E-state index in [9.17, 15) is 33.9 Å². The van der Waals surface area contributed by atoms with E-state index >= 15 is 4.39 Å². The van der Waals surface area contributed by atoms with Gasteiger partial charge in [-0.2, -0.15) is 0 Å². The van der Waals surface area contributed by atoms with Crippen molar-refractivity contribution in [3.63, 3.8) is 0 Å². The van der Waals surface area contributed by atoms with E-state index in [0.29, 0.717) is 49.2 Å². The second-order valence-corrected chi connectivity index (χ2v) is 15.2. The van der Waals surface area contributed by atoms with Crippen molar-refractivity contribution >= 4 is 46.4 Å². The van der Waals surface area contributed by atoms with Crippen LogP contribution in [0.5, 0.6) is 5.75 Å². The minimum Gasteiger partial charge on any atom is -0.492 e. The first-order valence-electron chi connectivity index (χ1n) is 19.5. The van der Waals surface area contributed by atoms with Gasteiger partial charge in [0.25, 0.3) is 0 Å². The summed E-state index contributed by atoms with van der Waals surface area (Å²) in [4.78, 5) is 80.0. The number of carboxylic acids is 1. The van der Waals surface area contributed by atoms with Gasteiger partial charge in [0, 0.05) is 56.1 Å². The third-order valence-electron chi connectivity index (χ3n) is 11.6. The highest BCUT2D eigenvalue weighted by Gasteiger charge is 2.44. The average molecular weight is 799 g/mol. The predicted octanol–water partition coefficient (Wildman–Crippen LogP) is 5.26. The van der Waals surface area contributed by atoms with Crippen LogP contribution in [0.15, 0.2) is 59.5 Å². The summed E-state index contributed by atoms with van der Waals surface area (Å²) in [6.07, 6.45) is 4.27. The molecule has 16 heteroatoms. The zero-order valence-electron chi connectivity index (χ0n) is 31.9. The Hall–Kier alpha value is -6.19. The van der Waals surface area contributed by atoms with E-state index in [1.165, 1.54) is 13.3 Å². The molecule has 3 unspecified atom stereocenters. The summed E-state index contributed by atoms with van der Waals surface area (Å²) in [5.41, 5.74) is 1.04. The van der Waals surface area contributed by atoms with Gasteiger partial charge in [0.15, 0.2) is 11.6 Å². The highest BCUT2D eigenvalue weighted by atomic mass is 19.1. The molecule has 1 amide bonds. The van der Waals surface area contributed by atoms with Gasteiger partial charge in [-0.3, -0.25) is 19.2 Å². The van der Waals surface area contributed by atoms with Crippen molar-refractivity contribution in [2.24, 2.45) is 5.92 Å². The number of pyridine rings is 1. The van der Waals surface area contributed by atoms with Gasteiger partial charge in [0.2, 0.25) is 18.0 Å². The number of anilines is 1. The molecule has 1 N–H and O–H groups in total. The number of hydrogen-bond acceptors (Lipinski definition) is 11. The number of halogens is 1. The van der Waals surface area contributed by atoms with E-state index in [4.69, 9.17) is 18.9 Å². The molecule has 2 aromatic heterocycles. The number of amides is 1. The monoisotopic (exact) mass is 798 g/mol. The van der Waals surface area contributed by atoms with Crippen LogP contribution in [0.1, 0.15) is 89.0 Å². The number of ketones is 1. The van der Waals surface area contributed by atoms with Crippen molar-refractivity contribution in [2.45, 2.75) is 69.5 Å². The highest BCUT2D eigenvalue weighted by Crippen LogP contribution is 2.46. The molecule has 1 aliphatic carbocycles. The lowest BCUT2D eigenvalue weighted by Crippen LogP contribution is -2.48. The number of aromatic carboxylic acids is 1. The van der Waals surface area contributed by atoms with Crippen LogP contribution in [0.4, 0.5) is 14.9 Å². The van der Waals surface area contributed by atoms with Crippen molar-refractivity contribution < 1.29 is 52.4 Å². The Morgan fingerprint density at radius 3 is 2.47 bits per heavy atom. The summed E-state index contributed by atoms with van der Waals surface area (Å²) in [6, 6.07) is 13.1. The number of piperidine rings is 1. The second kappa shape index (κ2) is 16.0. The minimum atomic E-state index is -1.39. The van der Waals surface area contributed by atoms with E-state index in [1.54, 1.807) is 50.8 Å². The fourth-order valence-electron chi connectivity index (χ4n) is 8.72. The SMILES string of the molecule is COc1c(N2CC3CCCN(C(=O)OCOC(=O)CCCOC(=O)C4CCn5c(C(=O)c6ccccc6)ccc54)C3C2)c(F)cc2c(=O)c(C(=O)O)cn(C3CC3)c12. The van der Waals surface area contributed by atoms with Gasteiger partial charge >= 0.3 is 24.0 Å². The van der Waals surface area contributed by atoms with Gasteiger partial charge in [0.05, 0.1) is 42.3 Å². The Balaban J connectivity index is 0.826. The third-order valence-corrected chi connectivity index (χ3v) is 11.6. The molecule has 0 bridgehead atoms. The molecule has 1 saturated carbocycles. The summed E-state index contributed by atoms with van der Waals surface area (Å²) in [5.74, 6) is -3.72. The lowest BCUT2D eigenvalue weighted by atomic mass is 9.92. The molecule has 0 spiro atoms. The fraction of sp³-hybridized carbons (Fsp3) is 0.429. The molecule has 2 saturated heterocycles. The molecule has 8 rings (SSSR count). The van der Waals surface area contributed by atoms with Crippen LogP contribution >= 0.6 is 0 Å². The zero-order chi connectivity index (χ0) is 40.7. The van der Waals surface area contributed by atoms with Crippen molar-refractivity contribution in [3.8, 4) is 5.75 Å². The number of methoxy groups -OCH3 is 1. The summed E-state index contributed by atoms with van der Waals surface area (Å²) < 4.78 is 41.3. The number of esters is 2. The Kier molecular flexibility index (Phi) is 10.7. The molecule has 4 aromatic rings. The molecule has 5 heterocycles. The number of hydrogen-bond donors (Lipinski definition) is 1. The number of carboxylic acid groups (broad SMARTS) is 1. The average Bonchev–Trinajstić information content (AvgIpc) is 3.62. The van der Waals surface area contributed by atoms with E-state index in [2.05, 4.69) is 0 Å². The fourth-order valence-corrected chi connectivity index (χ4v) is 8.72. The molecule has 58 heavy (non-hydrogen) atoms. The van der Waals surface area contributed by atoms with Crippen LogP contribution in [-0.2, 0) is 30.3 Å². The van der Waals surface area contributed by atoms with Gasteiger partial charge in [-0.15, -0.1) is 0 Å². The Bertz CT molecular complexity index is 2350. The summed E-state index contributed by atoms with van der Waals surface area (Å²) in [7, 11) is 1.38. The van der Waals surface area contributed by atoms with Crippen molar-refractivity contribution in [2.75, 3.05) is 45.0 Å². The van der Waals surface area contributed by atoms with Gasteiger partial charge in [0.1, 0.15) is 11.3 Å². The first kappa shape index (κ1) is 38.7. The molecule has 304 valence electrons. The van der Waals surface area contributed by atoms with Crippen molar-refractivity contribution in [1.82, 2.24) is 14.0 Å². The van der Waals surface area contributed by atoms with Crippen LogP contribution in [0.3, 0.4) is 0 Å². The van der Waals surface area contributed by atoms with Gasteiger partial charge in [-0.1, -0.05) is 30.3 Å². The van der Waals surface area contributed by atoms with Crippen LogP contribution < -0.4 is 15.1 Å². The first-order chi connectivity index (χ1) is 28.0. The lowest BCUT2D eigenvalue weighted by Gasteiger charge is -2.35. The third kappa shape index (κ3) is 7.26. The number of carbonyl (C=O) groups excluding carboxylic acids is 4. The van der Waals surface area contributed by atoms with Gasteiger partial charge < -0.3 is 43.0 Å². The van der Waals surface area contributed by atoms with Crippen molar-refractivity contribution in [1.29, 1.82) is 0 Å². The largest absolute Gasteiger partial charge is 0.492 e. The van der Waals surface area contributed by atoms with E-state index in [0.717, 1.165) is 31.0 Å². The Labute approximate surface area is 331 Å². The van der Waals surface area contributed by atoms with Crippen LogP contribution in [0.25, 0.3) is 10.9 Å². The standard InChI is InChI=1S/C42H43FN4O11/c1-55-39-35-28(38(50)29(40(51)52)21-47(35)26-11-12-26)19-30(43)36(39)44-20-25-9-5-16-46(33(25)22-44)42(54)58-23-57-34(48)10-6-18-56-41(53)27-15-17-45-31(27)13-14-32(45)37(49)24-7-3-2-4-8-24/h2-4,7-8,13-14,19,21,25-27,33H,5-6,9-12,15-18,20,22-23H2,1H3,(H,51,52). The van der Waals surface area contributed by atoms with Gasteiger partial charge in [-0.25, -0.2) is 14.0 Å². The number of ether oxygens (including phenoxy) is 4. The summed E-state index contributed by atoms with van der Waals surface area (Å²) >= 11 is 0. The number of nitrogens with zero attached hydrogens (tertiary/aromatic N) is 4. The van der Waals surface area contributed by atoms with Gasteiger partial charge in [-0.05, 0) is 62.6 Å². The minimum absolute atomic E-state index is 0.0152. The maximum atomic E-state index is 16.0. The maximum Gasteiger partial charge on any atom is 0.412 e. The second-order valence-electron chi connectivity index (χ2n) is 15.2. The van der Waals surface area contributed by atoms with Crippen LogP contribution in [-0.4, -0.2) is 95.1 Å². The summed E-state index contributed by atoms with van der Waals surface area (Å²) in [5, 5.41) is 9.58. The molecule has 3 fully saturated rings. The number of benzene rings is 2. The molecule has 15 nitrogen and oxygen atoms in total. The molecule has 2 aromatic carbocycles. The quantitative estimate of drug-likeness (QED) is 0.0805. The smallest absolute Gasteiger partial charge is 0.412 e. The summed E-state index contributed by atoms with van der Waals surface area (Å²) in [6.45, 7) is 0.924. The molecular formula is C42H43FN4O11. The number of rotatable bonds is 13. The van der Waals surface area contributed by atoms with Crippen molar-refractivity contribution in [3.05, 3.63) is 93.3 Å². The highest BCUT2D eigenvalue weighted by molar-refractivity contribution is 6.08. The Morgan fingerprint density at radius 2 is 1.72 bits per heavy atom. The van der Waals surface area contributed by atoms with E-state index < -0.39 is 53.5 Å². The molecule has 3 atom stereocenters. The topological polar surface area (TPSA) is 176 Å². The molecule has 4 aliphatic rings. The lowest BCUT2D eigenvalue weighted by molar-refractivity contribution is -0.154. The molecule has 0 radical (unpaired) electrons. The van der Waals surface area contributed by atoms with Crippen LogP contribution in [0, 0.1) is 11.7 Å². The normalized spacial score (nSPS) is 19.7. The van der Waals surface area contributed by atoms with E-state index in [1.807, 2.05) is 10.6 Å². The molecular weight excluding hydrogens is 755 g/mol. The molecule has 3 aliphatic heterocycles. The predicted molar refractivity (Wildman–Crippen MR) is 205 cm³/mol.